The van der Waals surface area contributed by atoms with Crippen LogP contribution in [0.4, 0.5) is 0 Å². The topological polar surface area (TPSA) is 414 Å². The van der Waals surface area contributed by atoms with Crippen LogP contribution in [0.5, 0.6) is 0 Å². The number of aromatic nitrogens is 2. The molecule has 2 heterocycles. The summed E-state index contributed by atoms with van der Waals surface area (Å²) >= 11 is 0. The van der Waals surface area contributed by atoms with Gasteiger partial charge in [-0.25, -0.2) is 18.5 Å². The second-order valence-corrected chi connectivity index (χ2v) is 11.6. The molecule has 1 aromatic heterocycles. The van der Waals surface area contributed by atoms with Gasteiger partial charge in [-0.1, -0.05) is 0 Å². The lowest BCUT2D eigenvalue weighted by molar-refractivity contribution is -0.136. The molecule has 1 aromatic rings. The summed E-state index contributed by atoms with van der Waals surface area (Å²) in [5, 5.41) is 63.3. The minimum Gasteiger partial charge on any atom is -0.394 e. The number of hydrogen-bond donors (Lipinski definition) is 14. The highest BCUT2D eigenvalue weighted by Gasteiger charge is 2.45. The third kappa shape index (κ3) is 15.2. The quantitative estimate of drug-likeness (QED) is 0.0761. The van der Waals surface area contributed by atoms with Crippen LogP contribution in [0.2, 0.25) is 0 Å². The van der Waals surface area contributed by atoms with Crippen LogP contribution in [-0.4, -0.2) is 137 Å². The van der Waals surface area contributed by atoms with Gasteiger partial charge in [0.15, 0.2) is 12.5 Å². The molecule has 1 aliphatic heterocycles. The number of ether oxygens (including phenoxy) is 1. The third-order valence-corrected chi connectivity index (χ3v) is 6.65. The van der Waals surface area contributed by atoms with Crippen molar-refractivity contribution in [1.29, 1.82) is 0 Å². The van der Waals surface area contributed by atoms with E-state index in [-0.39, 0.29) is 6.29 Å². The van der Waals surface area contributed by atoms with E-state index in [0.29, 0.717) is 0 Å². The van der Waals surface area contributed by atoms with Gasteiger partial charge in [0.1, 0.15) is 42.7 Å². The zero-order chi connectivity index (χ0) is 33.2. The fraction of sp³-hybridized carbons (Fsp3) is 0.667. The van der Waals surface area contributed by atoms with Gasteiger partial charge in [-0.3, -0.25) is 18.9 Å². The first-order valence-electron chi connectivity index (χ1n) is 10.6. The van der Waals surface area contributed by atoms with Crippen molar-refractivity contribution in [2.75, 3.05) is 13.2 Å². The number of aliphatic hydroxyl groups is 7. The lowest BCUT2D eigenvalue weighted by Gasteiger charge is -2.22. The third-order valence-electron chi connectivity index (χ3n) is 4.49. The molecule has 246 valence electrons. The monoisotopic (exact) mass is 682 g/mol. The number of rotatable bonds is 11. The SMILES string of the molecule is O=CC(O)C(O)C(O)C(O)CO.O=P(O)(O)O.O=c1ccn([C@@H]2O[C@H](COP(=O)(O)OP(=O)(O)O)[C@@H](O)[C@H]2O)c(=O)[nH]1. The van der Waals surface area contributed by atoms with E-state index in [1.807, 2.05) is 4.98 Å². The zero-order valence-corrected chi connectivity index (χ0v) is 23.2. The van der Waals surface area contributed by atoms with Crippen LogP contribution in [0, 0.1) is 0 Å². The molecule has 1 aliphatic rings. The number of carbonyl (C=O) groups excluding carboxylic acids is 1. The zero-order valence-electron chi connectivity index (χ0n) is 20.5. The molecule has 24 nitrogen and oxygen atoms in total. The van der Waals surface area contributed by atoms with Crippen molar-refractivity contribution in [1.82, 2.24) is 9.55 Å². The smallest absolute Gasteiger partial charge is 0.394 e. The van der Waals surface area contributed by atoms with Gasteiger partial charge in [-0.05, 0) is 0 Å². The summed E-state index contributed by atoms with van der Waals surface area (Å²) in [5.41, 5.74) is -1.65. The number of aliphatic hydroxyl groups excluding tert-OH is 7. The van der Waals surface area contributed by atoms with Crippen LogP contribution < -0.4 is 11.2 Å². The number of phosphoric acid groups is 3. The van der Waals surface area contributed by atoms with Crippen molar-refractivity contribution in [3.05, 3.63) is 33.1 Å². The lowest BCUT2D eigenvalue weighted by atomic mass is 10.0. The molecule has 0 aliphatic carbocycles. The van der Waals surface area contributed by atoms with E-state index < -0.39 is 96.9 Å². The van der Waals surface area contributed by atoms with Crippen LogP contribution >= 0.6 is 23.5 Å². The van der Waals surface area contributed by atoms with E-state index in [4.69, 9.17) is 64.2 Å². The van der Waals surface area contributed by atoms with Crippen molar-refractivity contribution in [2.24, 2.45) is 0 Å². The molecule has 5 unspecified atom stereocenters. The number of hydrogen-bond acceptors (Lipinski definition) is 16. The van der Waals surface area contributed by atoms with Crippen LogP contribution in [0.25, 0.3) is 0 Å². The molecular formula is C15H29N2O22P3. The Morgan fingerprint density at radius 3 is 1.93 bits per heavy atom. The van der Waals surface area contributed by atoms with E-state index >= 15 is 0 Å². The van der Waals surface area contributed by atoms with Gasteiger partial charge in [0.25, 0.3) is 5.56 Å². The average molecular weight is 682 g/mol. The average Bonchev–Trinajstić information content (AvgIpc) is 3.12. The Bertz CT molecular complexity index is 1230. The summed E-state index contributed by atoms with van der Waals surface area (Å²) in [7, 11) is -15.1. The fourth-order valence-electron chi connectivity index (χ4n) is 2.67. The van der Waals surface area contributed by atoms with Gasteiger partial charge < -0.3 is 74.6 Å². The Balaban J connectivity index is 0.000000822. The first kappa shape index (κ1) is 40.4. The van der Waals surface area contributed by atoms with Crippen LogP contribution in [0.15, 0.2) is 21.9 Å². The van der Waals surface area contributed by atoms with E-state index in [9.17, 15) is 33.7 Å². The molecule has 0 spiro atoms. The molecule has 42 heavy (non-hydrogen) atoms. The summed E-state index contributed by atoms with van der Waals surface area (Å²) in [6.07, 6.45) is -12.1. The summed E-state index contributed by atoms with van der Waals surface area (Å²) in [5.74, 6) is 0. The summed E-state index contributed by atoms with van der Waals surface area (Å²) in [6.45, 7) is -1.66. The molecule has 0 radical (unpaired) electrons. The van der Waals surface area contributed by atoms with E-state index in [1.165, 1.54) is 0 Å². The van der Waals surface area contributed by atoms with Gasteiger partial charge in [0.05, 0.1) is 13.2 Å². The van der Waals surface area contributed by atoms with Crippen molar-refractivity contribution in [2.45, 2.75) is 49.0 Å². The Morgan fingerprint density at radius 2 is 1.50 bits per heavy atom. The number of aldehydes is 1. The lowest BCUT2D eigenvalue weighted by Crippen LogP contribution is -2.46. The van der Waals surface area contributed by atoms with Crippen molar-refractivity contribution >= 4 is 29.8 Å². The number of aromatic amines is 1. The van der Waals surface area contributed by atoms with Crippen molar-refractivity contribution < 1.29 is 97.2 Å². The fourth-order valence-corrected chi connectivity index (χ4v) is 4.27. The van der Waals surface area contributed by atoms with Crippen LogP contribution in [-0.2, 0) is 32.1 Å². The first-order chi connectivity index (χ1) is 18.9. The van der Waals surface area contributed by atoms with Crippen LogP contribution in [0.3, 0.4) is 0 Å². The highest BCUT2D eigenvalue weighted by Crippen LogP contribution is 2.57. The molecule has 0 saturated carbocycles. The Morgan fingerprint density at radius 1 is 0.976 bits per heavy atom. The molecule has 2 rings (SSSR count). The van der Waals surface area contributed by atoms with Gasteiger partial charge in [-0.2, -0.15) is 4.31 Å². The second kappa shape index (κ2) is 17.0. The largest absolute Gasteiger partial charge is 0.481 e. The molecule has 14 N–H and O–H groups in total. The predicted molar refractivity (Wildman–Crippen MR) is 128 cm³/mol. The van der Waals surface area contributed by atoms with Crippen LogP contribution in [0.1, 0.15) is 6.23 Å². The molecule has 0 amide bonds. The second-order valence-electron chi connectivity index (χ2n) is 7.77. The molecule has 9 atom stereocenters. The Hall–Kier alpha value is -1.60. The van der Waals surface area contributed by atoms with E-state index in [0.717, 1.165) is 16.8 Å². The molecule has 1 saturated heterocycles. The van der Waals surface area contributed by atoms with Crippen molar-refractivity contribution in [3.8, 4) is 0 Å². The predicted octanol–water partition coefficient (Wildman–Crippen LogP) is -6.93. The number of H-pyrrole nitrogens is 1. The van der Waals surface area contributed by atoms with E-state index in [1.54, 1.807) is 0 Å². The van der Waals surface area contributed by atoms with E-state index in [2.05, 4.69) is 8.83 Å². The summed E-state index contributed by atoms with van der Waals surface area (Å²) < 4.78 is 44.5. The van der Waals surface area contributed by atoms with Gasteiger partial charge in [0.2, 0.25) is 0 Å². The molecule has 27 heteroatoms. The van der Waals surface area contributed by atoms with Gasteiger partial charge >= 0.3 is 29.2 Å². The Labute approximate surface area is 232 Å². The maximum atomic E-state index is 11.7. The summed E-state index contributed by atoms with van der Waals surface area (Å²) in [4.78, 5) is 82.1. The first-order valence-corrected chi connectivity index (χ1v) is 15.2. The molecular weight excluding hydrogens is 653 g/mol. The Kier molecular flexibility index (Phi) is 16.4. The highest BCUT2D eigenvalue weighted by atomic mass is 31.3. The normalized spacial score (nSPS) is 25.0. The van der Waals surface area contributed by atoms with Gasteiger partial charge in [-0.15, -0.1) is 0 Å². The minimum absolute atomic E-state index is 0.0258. The minimum atomic E-state index is -5.32. The highest BCUT2D eigenvalue weighted by molar-refractivity contribution is 7.60. The maximum absolute atomic E-state index is 11.7. The number of carbonyl (C=O) groups is 1. The number of nitrogens with one attached hydrogen (secondary N) is 1. The number of phosphoric ester groups is 1. The number of nitrogens with zero attached hydrogens (tertiary/aromatic N) is 1. The molecule has 1 fully saturated rings. The van der Waals surface area contributed by atoms with Gasteiger partial charge in [0, 0.05) is 12.3 Å². The van der Waals surface area contributed by atoms with Crippen molar-refractivity contribution in [3.63, 3.8) is 0 Å². The summed E-state index contributed by atoms with van der Waals surface area (Å²) in [6, 6.07) is 0.962. The standard InChI is InChI=1S/C9H14N2O12P2.C6H12O6.H3O4P/c12-5-1-2-11(9(15)10-5)8-7(14)6(13)4(22-8)3-21-25(19,20)23-24(16,17)18;7-1-3(9)5(11)6(12)4(10)2-8;1-5(2,3)4/h1-2,4,6-8,13-14H,3H2,(H,19,20)(H,10,12,15)(H2,16,17,18);1,3-6,8-12H,2H2;(H3,1,2,3,4)/t4-,6-,7-,8-;;/m1../s1. The maximum Gasteiger partial charge on any atom is 0.481 e. The molecule has 0 aromatic carbocycles. The molecule has 0 bridgehead atoms.